The Labute approximate surface area is 252 Å². The molecule has 0 bridgehead atoms. The fraction of sp³-hybridized carbons (Fsp3) is 0.323. The van der Waals surface area contributed by atoms with Crippen LogP contribution < -0.4 is 20.7 Å². The van der Waals surface area contributed by atoms with E-state index in [1.54, 1.807) is 30.3 Å². The summed E-state index contributed by atoms with van der Waals surface area (Å²) in [5, 5.41) is 18.9. The summed E-state index contributed by atoms with van der Waals surface area (Å²) >= 11 is 12.5. The maximum absolute atomic E-state index is 15.9. The maximum Gasteiger partial charge on any atom is 0.339 e. The summed E-state index contributed by atoms with van der Waals surface area (Å²) in [6.45, 7) is 6.07. The zero-order valence-electron chi connectivity index (χ0n) is 23.3. The van der Waals surface area contributed by atoms with E-state index in [0.29, 0.717) is 22.7 Å². The molecule has 1 saturated heterocycles. The summed E-state index contributed by atoms with van der Waals surface area (Å²) in [7, 11) is 1.33. The Balaban J connectivity index is 1.69. The van der Waals surface area contributed by atoms with Crippen LogP contribution in [-0.4, -0.2) is 42.1 Å². The van der Waals surface area contributed by atoms with E-state index in [1.807, 2.05) is 20.8 Å². The van der Waals surface area contributed by atoms with Crippen LogP contribution in [0.25, 0.3) is 0 Å². The van der Waals surface area contributed by atoms with Gasteiger partial charge in [-0.3, -0.25) is 9.59 Å². The molecular formula is C31H30Cl2FN3O5. The number of methoxy groups -OCH3 is 1. The number of hydrogen-bond acceptors (Lipinski definition) is 5. The highest BCUT2D eigenvalue weighted by molar-refractivity contribution is 6.31. The Bertz CT molecular complexity index is 1610. The Morgan fingerprint density at radius 3 is 2.52 bits per heavy atom. The van der Waals surface area contributed by atoms with Crippen molar-refractivity contribution in [3.05, 3.63) is 87.2 Å². The zero-order valence-corrected chi connectivity index (χ0v) is 24.9. The lowest BCUT2D eigenvalue weighted by Crippen LogP contribution is -2.49. The molecule has 4 N–H and O–H groups in total. The molecule has 11 heteroatoms. The summed E-state index contributed by atoms with van der Waals surface area (Å²) in [5.74, 6) is -3.80. The van der Waals surface area contributed by atoms with Gasteiger partial charge in [-0.15, -0.1) is 0 Å². The number of fused-ring (bicyclic) bond motifs is 2. The van der Waals surface area contributed by atoms with Gasteiger partial charge < -0.3 is 25.8 Å². The van der Waals surface area contributed by atoms with Crippen LogP contribution in [0.5, 0.6) is 5.75 Å². The molecule has 2 amide bonds. The number of anilines is 2. The van der Waals surface area contributed by atoms with Gasteiger partial charge in [0.05, 0.1) is 18.2 Å². The SMILES string of the molecule is COc1cc(NC(=O)C2NC(CC(C)(C)C)C3(C(=O)Nc4cc(Cl)ccc43)C2c2cccc(Cl)c2F)ccc1C(=O)O. The van der Waals surface area contributed by atoms with E-state index in [1.165, 1.54) is 31.4 Å². The third-order valence-corrected chi connectivity index (χ3v) is 8.45. The number of rotatable bonds is 6. The lowest BCUT2D eigenvalue weighted by Gasteiger charge is -2.37. The number of halogens is 3. The van der Waals surface area contributed by atoms with Crippen molar-refractivity contribution in [2.24, 2.45) is 5.41 Å². The normalized spacial score (nSPS) is 23.0. The molecule has 2 heterocycles. The van der Waals surface area contributed by atoms with Crippen molar-refractivity contribution >= 4 is 52.4 Å². The molecular weight excluding hydrogens is 584 g/mol. The number of benzene rings is 3. The predicted molar refractivity (Wildman–Crippen MR) is 159 cm³/mol. The molecule has 4 unspecified atom stereocenters. The third-order valence-electron chi connectivity index (χ3n) is 7.92. The van der Waals surface area contributed by atoms with Gasteiger partial charge in [-0.2, -0.15) is 0 Å². The summed E-state index contributed by atoms with van der Waals surface area (Å²) in [5.41, 5.74) is -0.278. The van der Waals surface area contributed by atoms with Gasteiger partial charge in [-0.25, -0.2) is 9.18 Å². The largest absolute Gasteiger partial charge is 0.496 e. The molecule has 4 atom stereocenters. The molecule has 8 nitrogen and oxygen atoms in total. The number of carboxylic acids is 1. The van der Waals surface area contributed by atoms with E-state index >= 15 is 4.39 Å². The van der Waals surface area contributed by atoms with E-state index in [-0.39, 0.29) is 38.9 Å². The molecule has 1 spiro atoms. The lowest BCUT2D eigenvalue weighted by atomic mass is 9.62. The molecule has 2 aliphatic rings. The highest BCUT2D eigenvalue weighted by Crippen LogP contribution is 2.57. The average molecular weight is 615 g/mol. The van der Waals surface area contributed by atoms with Crippen LogP contribution in [0, 0.1) is 11.2 Å². The fourth-order valence-electron chi connectivity index (χ4n) is 6.32. The second-order valence-electron chi connectivity index (χ2n) is 11.8. The van der Waals surface area contributed by atoms with Crippen LogP contribution in [0.3, 0.4) is 0 Å². The molecule has 0 radical (unpaired) electrons. The van der Waals surface area contributed by atoms with Crippen molar-refractivity contribution < 1.29 is 28.6 Å². The minimum atomic E-state index is -1.40. The number of hydrogen-bond donors (Lipinski definition) is 4. The van der Waals surface area contributed by atoms with Crippen LogP contribution in [0.1, 0.15) is 54.6 Å². The van der Waals surface area contributed by atoms with E-state index in [9.17, 15) is 19.5 Å². The Hall–Kier alpha value is -3.66. The topological polar surface area (TPSA) is 117 Å². The number of ether oxygens (including phenoxy) is 1. The predicted octanol–water partition coefficient (Wildman–Crippen LogP) is 6.23. The first kappa shape index (κ1) is 29.8. The van der Waals surface area contributed by atoms with E-state index in [2.05, 4.69) is 16.0 Å². The molecule has 0 saturated carbocycles. The molecule has 0 aliphatic carbocycles. The second-order valence-corrected chi connectivity index (χ2v) is 12.6. The number of nitrogens with one attached hydrogen (secondary N) is 3. The highest BCUT2D eigenvalue weighted by atomic mass is 35.5. The van der Waals surface area contributed by atoms with Gasteiger partial charge >= 0.3 is 5.97 Å². The number of carbonyl (C=O) groups is 3. The highest BCUT2D eigenvalue weighted by Gasteiger charge is 2.66. The van der Waals surface area contributed by atoms with Crippen molar-refractivity contribution in [3.8, 4) is 5.75 Å². The van der Waals surface area contributed by atoms with E-state index in [0.717, 1.165) is 0 Å². The maximum atomic E-state index is 15.9. The summed E-state index contributed by atoms with van der Waals surface area (Å²) in [6, 6.07) is 12.1. The fourth-order valence-corrected chi connectivity index (χ4v) is 6.67. The summed E-state index contributed by atoms with van der Waals surface area (Å²) in [4.78, 5) is 39.9. The smallest absolute Gasteiger partial charge is 0.339 e. The minimum Gasteiger partial charge on any atom is -0.496 e. The van der Waals surface area contributed by atoms with Gasteiger partial charge in [-0.05, 0) is 53.3 Å². The second kappa shape index (κ2) is 10.9. The lowest BCUT2D eigenvalue weighted by molar-refractivity contribution is -0.122. The van der Waals surface area contributed by atoms with Gasteiger partial charge in [0.25, 0.3) is 0 Å². The van der Waals surface area contributed by atoms with Crippen molar-refractivity contribution in [3.63, 3.8) is 0 Å². The van der Waals surface area contributed by atoms with Crippen molar-refractivity contribution in [2.45, 2.75) is 50.6 Å². The average Bonchev–Trinajstić information content (AvgIpc) is 3.38. The van der Waals surface area contributed by atoms with Crippen LogP contribution >= 0.6 is 23.2 Å². The van der Waals surface area contributed by atoms with Gasteiger partial charge in [0.15, 0.2) is 0 Å². The standard InChI is InChI=1S/C31H30Cl2FN3O5/c1-30(2,3)14-23-31(19-11-8-15(32)12-21(19)36-29(31)41)24(18-6-5-7-20(33)25(18)34)26(37-23)27(38)35-16-9-10-17(28(39)40)22(13-16)42-4/h5-13,23-24,26,37H,14H2,1-4H3,(H,35,38)(H,36,41)(H,39,40). The van der Waals surface area contributed by atoms with Crippen LogP contribution in [0.4, 0.5) is 15.8 Å². The Morgan fingerprint density at radius 2 is 1.86 bits per heavy atom. The first-order chi connectivity index (χ1) is 19.8. The van der Waals surface area contributed by atoms with Crippen LogP contribution in [0.2, 0.25) is 10.0 Å². The van der Waals surface area contributed by atoms with Gasteiger partial charge in [-0.1, -0.05) is 62.2 Å². The third kappa shape index (κ3) is 4.99. The van der Waals surface area contributed by atoms with Gasteiger partial charge in [0.2, 0.25) is 11.8 Å². The van der Waals surface area contributed by atoms with Gasteiger partial charge in [0.1, 0.15) is 22.5 Å². The number of amides is 2. The van der Waals surface area contributed by atoms with Crippen LogP contribution in [0.15, 0.2) is 54.6 Å². The minimum absolute atomic E-state index is 0.0557. The van der Waals surface area contributed by atoms with Crippen LogP contribution in [-0.2, 0) is 15.0 Å². The molecule has 0 aromatic heterocycles. The van der Waals surface area contributed by atoms with Gasteiger partial charge in [0, 0.05) is 34.4 Å². The number of aromatic carboxylic acids is 1. The van der Waals surface area contributed by atoms with Crippen molar-refractivity contribution in [1.82, 2.24) is 5.32 Å². The molecule has 3 aromatic rings. The zero-order chi connectivity index (χ0) is 30.6. The summed E-state index contributed by atoms with van der Waals surface area (Å²) < 4.78 is 21.1. The van der Waals surface area contributed by atoms with E-state index < -0.39 is 41.1 Å². The molecule has 5 rings (SSSR count). The monoisotopic (exact) mass is 613 g/mol. The quantitative estimate of drug-likeness (QED) is 0.262. The molecule has 1 fully saturated rings. The first-order valence-electron chi connectivity index (χ1n) is 13.3. The Kier molecular flexibility index (Phi) is 7.72. The molecule has 220 valence electrons. The first-order valence-corrected chi connectivity index (χ1v) is 14.1. The molecule has 3 aromatic carbocycles. The Morgan fingerprint density at radius 1 is 1.12 bits per heavy atom. The van der Waals surface area contributed by atoms with E-state index in [4.69, 9.17) is 27.9 Å². The number of carbonyl (C=O) groups excluding carboxylic acids is 2. The van der Waals surface area contributed by atoms with Crippen molar-refractivity contribution in [2.75, 3.05) is 17.7 Å². The van der Waals surface area contributed by atoms with Crippen molar-refractivity contribution in [1.29, 1.82) is 0 Å². The molecule has 2 aliphatic heterocycles. The molecule has 42 heavy (non-hydrogen) atoms. The number of carboxylic acid groups (broad SMARTS) is 1. The summed E-state index contributed by atoms with van der Waals surface area (Å²) in [6.07, 6.45) is 0.464.